The molecule has 1 heterocycles. The van der Waals surface area contributed by atoms with Crippen molar-refractivity contribution in [1.82, 2.24) is 0 Å². The molecule has 140 valence electrons. The highest BCUT2D eigenvalue weighted by molar-refractivity contribution is 6.18. The number of carbonyl (C=O) groups excluding carboxylic acids is 3. The third-order valence-corrected chi connectivity index (χ3v) is 3.26. The van der Waals surface area contributed by atoms with Crippen LogP contribution >= 0.6 is 0 Å². The SMILES string of the molecule is COc1cc(C=C2C(=O)OC(C)(C)OC2=O)ccc1OCCOC(C)=O. The minimum atomic E-state index is -1.29. The Labute approximate surface area is 150 Å². The quantitative estimate of drug-likeness (QED) is 0.326. The molecular formula is C18H20O8. The average molecular weight is 364 g/mol. The van der Waals surface area contributed by atoms with Crippen LogP contribution < -0.4 is 9.47 Å². The number of esters is 3. The second-order valence-electron chi connectivity index (χ2n) is 5.84. The van der Waals surface area contributed by atoms with Crippen molar-refractivity contribution in [3.63, 3.8) is 0 Å². The maximum absolute atomic E-state index is 12.0. The number of benzene rings is 1. The number of methoxy groups -OCH3 is 1. The molecule has 0 saturated carbocycles. The van der Waals surface area contributed by atoms with E-state index in [9.17, 15) is 14.4 Å². The van der Waals surface area contributed by atoms with Gasteiger partial charge >= 0.3 is 17.9 Å². The molecule has 0 unspecified atom stereocenters. The molecule has 1 aromatic rings. The Morgan fingerprint density at radius 2 is 1.77 bits per heavy atom. The predicted molar refractivity (Wildman–Crippen MR) is 89.4 cm³/mol. The number of hydrogen-bond acceptors (Lipinski definition) is 8. The van der Waals surface area contributed by atoms with Crippen LogP contribution in [0.2, 0.25) is 0 Å². The molecule has 1 aliphatic rings. The summed E-state index contributed by atoms with van der Waals surface area (Å²) in [4.78, 5) is 34.7. The molecule has 0 amide bonds. The van der Waals surface area contributed by atoms with Crippen molar-refractivity contribution in [2.45, 2.75) is 26.6 Å². The zero-order valence-corrected chi connectivity index (χ0v) is 15.0. The third-order valence-electron chi connectivity index (χ3n) is 3.26. The number of cyclic esters (lactones) is 2. The second-order valence-corrected chi connectivity index (χ2v) is 5.84. The molecule has 0 aromatic heterocycles. The van der Waals surface area contributed by atoms with E-state index in [0.29, 0.717) is 17.1 Å². The van der Waals surface area contributed by atoms with Crippen LogP contribution in [0.15, 0.2) is 23.8 Å². The molecule has 2 rings (SSSR count). The van der Waals surface area contributed by atoms with Gasteiger partial charge in [0, 0.05) is 20.8 Å². The van der Waals surface area contributed by atoms with Crippen LogP contribution in [-0.2, 0) is 28.6 Å². The zero-order chi connectivity index (χ0) is 19.3. The first kappa shape index (κ1) is 19.3. The number of hydrogen-bond donors (Lipinski definition) is 0. The average Bonchev–Trinajstić information content (AvgIpc) is 2.54. The van der Waals surface area contributed by atoms with E-state index < -0.39 is 23.7 Å². The fourth-order valence-corrected chi connectivity index (χ4v) is 2.18. The Balaban J connectivity index is 2.14. The molecule has 26 heavy (non-hydrogen) atoms. The van der Waals surface area contributed by atoms with Crippen molar-refractivity contribution in [1.29, 1.82) is 0 Å². The molecule has 1 aliphatic heterocycles. The molecule has 0 N–H and O–H groups in total. The molecule has 8 heteroatoms. The maximum Gasteiger partial charge on any atom is 0.348 e. The lowest BCUT2D eigenvalue weighted by Gasteiger charge is -2.29. The Hall–Kier alpha value is -3.03. The van der Waals surface area contributed by atoms with Gasteiger partial charge in [0.05, 0.1) is 7.11 Å². The summed E-state index contributed by atoms with van der Waals surface area (Å²) in [7, 11) is 1.46. The van der Waals surface area contributed by atoms with E-state index in [-0.39, 0.29) is 18.8 Å². The van der Waals surface area contributed by atoms with Gasteiger partial charge in [-0.3, -0.25) is 4.79 Å². The number of ether oxygens (including phenoxy) is 5. The molecule has 0 aliphatic carbocycles. The number of carbonyl (C=O) groups is 3. The summed E-state index contributed by atoms with van der Waals surface area (Å²) in [5.41, 5.74) is 0.313. The summed E-state index contributed by atoms with van der Waals surface area (Å²) in [6.45, 7) is 4.53. The summed E-state index contributed by atoms with van der Waals surface area (Å²) >= 11 is 0. The highest BCUT2D eigenvalue weighted by Crippen LogP contribution is 2.30. The second kappa shape index (κ2) is 7.90. The van der Waals surface area contributed by atoms with Crippen molar-refractivity contribution in [2.75, 3.05) is 20.3 Å². The zero-order valence-electron chi connectivity index (χ0n) is 15.0. The summed E-state index contributed by atoms with van der Waals surface area (Å²) in [6, 6.07) is 4.84. The van der Waals surface area contributed by atoms with E-state index in [4.69, 9.17) is 23.7 Å². The van der Waals surface area contributed by atoms with Crippen LogP contribution in [0.4, 0.5) is 0 Å². The molecule has 0 spiro atoms. The summed E-state index contributed by atoms with van der Waals surface area (Å²) in [6.07, 6.45) is 1.35. The molecule has 1 fully saturated rings. The Bertz CT molecular complexity index is 726. The largest absolute Gasteiger partial charge is 0.493 e. The lowest BCUT2D eigenvalue weighted by Crippen LogP contribution is -2.41. The first-order valence-corrected chi connectivity index (χ1v) is 7.84. The topological polar surface area (TPSA) is 97.4 Å². The van der Waals surface area contributed by atoms with Gasteiger partial charge in [-0.05, 0) is 23.8 Å². The number of rotatable bonds is 6. The molecule has 1 aromatic carbocycles. The van der Waals surface area contributed by atoms with Crippen LogP contribution in [0.25, 0.3) is 6.08 Å². The van der Waals surface area contributed by atoms with E-state index in [1.165, 1.54) is 34.0 Å². The highest BCUT2D eigenvalue weighted by atomic mass is 16.7. The van der Waals surface area contributed by atoms with Crippen LogP contribution in [0.3, 0.4) is 0 Å². The van der Waals surface area contributed by atoms with Gasteiger partial charge in [-0.2, -0.15) is 0 Å². The lowest BCUT2D eigenvalue weighted by atomic mass is 10.1. The summed E-state index contributed by atoms with van der Waals surface area (Å²) < 4.78 is 25.6. The fraction of sp³-hybridized carbons (Fsp3) is 0.389. The van der Waals surface area contributed by atoms with Gasteiger partial charge < -0.3 is 23.7 Å². The summed E-state index contributed by atoms with van der Waals surface area (Å²) in [5, 5.41) is 0. The van der Waals surface area contributed by atoms with Gasteiger partial charge in [0.2, 0.25) is 0 Å². The smallest absolute Gasteiger partial charge is 0.348 e. The van der Waals surface area contributed by atoms with Crippen LogP contribution in [0.1, 0.15) is 26.3 Å². The minimum Gasteiger partial charge on any atom is -0.493 e. The minimum absolute atomic E-state index is 0.109. The molecule has 0 atom stereocenters. The third kappa shape index (κ3) is 4.98. The molecule has 0 bridgehead atoms. The monoisotopic (exact) mass is 364 g/mol. The van der Waals surface area contributed by atoms with Crippen molar-refractivity contribution in [3.8, 4) is 11.5 Å². The molecule has 1 saturated heterocycles. The fourth-order valence-electron chi connectivity index (χ4n) is 2.18. The van der Waals surface area contributed by atoms with Crippen molar-refractivity contribution < 1.29 is 38.1 Å². The van der Waals surface area contributed by atoms with Crippen molar-refractivity contribution in [2.24, 2.45) is 0 Å². The van der Waals surface area contributed by atoms with Gasteiger partial charge in [-0.25, -0.2) is 9.59 Å². The maximum atomic E-state index is 12.0. The first-order valence-electron chi connectivity index (χ1n) is 7.84. The van der Waals surface area contributed by atoms with Gasteiger partial charge in [0.15, 0.2) is 11.5 Å². The Kier molecular flexibility index (Phi) is 5.86. The van der Waals surface area contributed by atoms with Gasteiger partial charge in [-0.1, -0.05) is 6.07 Å². The van der Waals surface area contributed by atoms with E-state index in [0.717, 1.165) is 0 Å². The predicted octanol–water partition coefficient (Wildman–Crippen LogP) is 1.86. The highest BCUT2D eigenvalue weighted by Gasteiger charge is 2.38. The van der Waals surface area contributed by atoms with E-state index >= 15 is 0 Å². The van der Waals surface area contributed by atoms with E-state index in [2.05, 4.69) is 0 Å². The van der Waals surface area contributed by atoms with E-state index in [1.54, 1.807) is 18.2 Å². The first-order chi connectivity index (χ1) is 12.2. The normalized spacial score (nSPS) is 15.6. The van der Waals surface area contributed by atoms with Crippen LogP contribution in [-0.4, -0.2) is 44.0 Å². The van der Waals surface area contributed by atoms with Crippen LogP contribution in [0, 0.1) is 0 Å². The van der Waals surface area contributed by atoms with Crippen LogP contribution in [0.5, 0.6) is 11.5 Å². The molecular weight excluding hydrogens is 344 g/mol. The standard InChI is InChI=1S/C18H20O8/c1-11(19)23-7-8-24-14-6-5-12(10-15(14)22-4)9-13-16(20)25-18(2,3)26-17(13)21/h5-6,9-10H,7-8H2,1-4H3. The molecule has 0 radical (unpaired) electrons. The van der Waals surface area contributed by atoms with Gasteiger partial charge in [0.25, 0.3) is 5.79 Å². The lowest BCUT2D eigenvalue weighted by molar-refractivity contribution is -0.222. The Morgan fingerprint density at radius 3 is 2.35 bits per heavy atom. The summed E-state index contributed by atoms with van der Waals surface area (Å²) in [5.74, 6) is -2.38. The van der Waals surface area contributed by atoms with E-state index in [1.807, 2.05) is 0 Å². The van der Waals surface area contributed by atoms with Crippen molar-refractivity contribution >= 4 is 24.0 Å². The van der Waals surface area contributed by atoms with Crippen molar-refractivity contribution in [3.05, 3.63) is 29.3 Å². The van der Waals surface area contributed by atoms with Gasteiger partial charge in [0.1, 0.15) is 18.8 Å². The Morgan fingerprint density at radius 1 is 1.12 bits per heavy atom. The van der Waals surface area contributed by atoms with Gasteiger partial charge in [-0.15, -0.1) is 0 Å². The molecule has 8 nitrogen and oxygen atoms in total.